The minimum atomic E-state index is -0.674. The molecule has 1 aromatic carbocycles. The number of methoxy groups -OCH3 is 1. The highest BCUT2D eigenvalue weighted by molar-refractivity contribution is 5.88. The number of carbonyl (C=O) groups excluding carboxylic acids is 1. The monoisotopic (exact) mass is 336 g/mol. The third-order valence-electron chi connectivity index (χ3n) is 3.08. The fourth-order valence-electron chi connectivity index (χ4n) is 2.09. The lowest BCUT2D eigenvalue weighted by Gasteiger charge is -2.19. The quantitative estimate of drug-likeness (QED) is 0.663. The molecule has 0 atom stereocenters. The number of ether oxygens (including phenoxy) is 2. The number of nitrogens with one attached hydrogen (secondary N) is 1. The first kappa shape index (κ1) is 17.7. The molecule has 0 fully saturated rings. The highest BCUT2D eigenvalue weighted by Crippen LogP contribution is 2.29. The maximum absolute atomic E-state index is 12.0. The standard InChI is InChI=1S/C15H20N4O5/c1-15(2,3)16-14(20)24-13-11-9-10(19(21)22)5-6-12(11)18(17-13)7-8-23-4/h5-6,9H,7-8H2,1-4H3,(H,16,20). The van der Waals surface area contributed by atoms with Crippen LogP contribution in [0.5, 0.6) is 5.88 Å². The first-order valence-corrected chi connectivity index (χ1v) is 7.35. The molecule has 0 aliphatic carbocycles. The van der Waals surface area contributed by atoms with Gasteiger partial charge in [-0.1, -0.05) is 0 Å². The lowest BCUT2D eigenvalue weighted by molar-refractivity contribution is -0.384. The van der Waals surface area contributed by atoms with Gasteiger partial charge in [0.1, 0.15) is 0 Å². The lowest BCUT2D eigenvalue weighted by atomic mass is 10.1. The first-order chi connectivity index (χ1) is 11.2. The summed E-state index contributed by atoms with van der Waals surface area (Å²) >= 11 is 0. The Kier molecular flexibility index (Phi) is 5.03. The van der Waals surface area contributed by atoms with Gasteiger partial charge >= 0.3 is 6.09 Å². The van der Waals surface area contributed by atoms with Crippen molar-refractivity contribution < 1.29 is 19.2 Å². The first-order valence-electron chi connectivity index (χ1n) is 7.35. The van der Waals surface area contributed by atoms with Crippen molar-refractivity contribution in [3.05, 3.63) is 28.3 Å². The van der Waals surface area contributed by atoms with Gasteiger partial charge < -0.3 is 14.8 Å². The van der Waals surface area contributed by atoms with Gasteiger partial charge in [-0.25, -0.2) is 4.79 Å². The highest BCUT2D eigenvalue weighted by Gasteiger charge is 2.21. The number of hydrogen-bond donors (Lipinski definition) is 1. The Morgan fingerprint density at radius 1 is 1.42 bits per heavy atom. The van der Waals surface area contributed by atoms with Crippen molar-refractivity contribution in [2.45, 2.75) is 32.9 Å². The molecular weight excluding hydrogens is 316 g/mol. The van der Waals surface area contributed by atoms with E-state index in [9.17, 15) is 14.9 Å². The van der Waals surface area contributed by atoms with E-state index in [1.807, 2.05) is 20.8 Å². The molecule has 0 radical (unpaired) electrons. The van der Waals surface area contributed by atoms with Gasteiger partial charge in [0.15, 0.2) is 0 Å². The van der Waals surface area contributed by atoms with E-state index < -0.39 is 16.6 Å². The van der Waals surface area contributed by atoms with Crippen LogP contribution < -0.4 is 10.1 Å². The van der Waals surface area contributed by atoms with Crippen LogP contribution in [0.3, 0.4) is 0 Å². The molecule has 0 unspecified atom stereocenters. The van der Waals surface area contributed by atoms with Crippen LogP contribution in [0, 0.1) is 10.1 Å². The normalized spacial score (nSPS) is 11.5. The number of hydrogen-bond acceptors (Lipinski definition) is 6. The van der Waals surface area contributed by atoms with E-state index in [0.717, 1.165) is 0 Å². The fraction of sp³-hybridized carbons (Fsp3) is 0.467. The summed E-state index contributed by atoms with van der Waals surface area (Å²) in [5.74, 6) is 0.0200. The largest absolute Gasteiger partial charge is 0.414 e. The number of benzene rings is 1. The molecular formula is C15H20N4O5. The Morgan fingerprint density at radius 3 is 2.71 bits per heavy atom. The summed E-state index contributed by atoms with van der Waals surface area (Å²) in [5.41, 5.74) is 0.0448. The van der Waals surface area contributed by atoms with Crippen LogP contribution in [0.25, 0.3) is 10.9 Å². The lowest BCUT2D eigenvalue weighted by Crippen LogP contribution is -2.42. The topological polar surface area (TPSA) is 109 Å². The molecule has 1 aromatic heterocycles. The number of nitro groups is 1. The number of rotatable bonds is 5. The zero-order chi connectivity index (χ0) is 17.9. The smallest absolute Gasteiger partial charge is 0.389 e. The number of carbonyl (C=O) groups is 1. The zero-order valence-corrected chi connectivity index (χ0v) is 14.0. The molecule has 130 valence electrons. The molecule has 9 heteroatoms. The molecule has 1 amide bonds. The van der Waals surface area contributed by atoms with Crippen LogP contribution in [-0.2, 0) is 11.3 Å². The van der Waals surface area contributed by atoms with Gasteiger partial charge in [-0.3, -0.25) is 14.8 Å². The van der Waals surface area contributed by atoms with Crippen molar-refractivity contribution >= 4 is 22.7 Å². The molecule has 24 heavy (non-hydrogen) atoms. The van der Waals surface area contributed by atoms with Gasteiger partial charge in [0.05, 0.1) is 29.0 Å². The van der Waals surface area contributed by atoms with E-state index in [4.69, 9.17) is 9.47 Å². The van der Waals surface area contributed by atoms with Gasteiger partial charge in [-0.2, -0.15) is 0 Å². The van der Waals surface area contributed by atoms with E-state index in [0.29, 0.717) is 24.1 Å². The molecule has 2 rings (SSSR count). The summed E-state index contributed by atoms with van der Waals surface area (Å²) in [6.07, 6.45) is -0.674. The van der Waals surface area contributed by atoms with Gasteiger partial charge in [0, 0.05) is 24.8 Å². The summed E-state index contributed by atoms with van der Waals surface area (Å²) in [6, 6.07) is 4.29. The molecule has 0 bridgehead atoms. The molecule has 1 N–H and O–H groups in total. The molecule has 0 aliphatic rings. The highest BCUT2D eigenvalue weighted by atomic mass is 16.6. The zero-order valence-electron chi connectivity index (χ0n) is 14.0. The van der Waals surface area contributed by atoms with Crippen LogP contribution in [0.1, 0.15) is 20.8 Å². The molecule has 1 heterocycles. The van der Waals surface area contributed by atoms with Gasteiger partial charge in [0.25, 0.3) is 11.6 Å². The maximum Gasteiger partial charge on any atom is 0.414 e. The van der Waals surface area contributed by atoms with E-state index >= 15 is 0 Å². The number of aromatic nitrogens is 2. The van der Waals surface area contributed by atoms with E-state index in [1.165, 1.54) is 12.1 Å². The number of nitro benzene ring substituents is 1. The minimum Gasteiger partial charge on any atom is -0.389 e. The summed E-state index contributed by atoms with van der Waals surface area (Å²) in [5, 5.41) is 18.3. The van der Waals surface area contributed by atoms with Gasteiger partial charge in [-0.05, 0) is 26.8 Å². The van der Waals surface area contributed by atoms with Crippen molar-refractivity contribution in [1.29, 1.82) is 0 Å². The molecule has 2 aromatic rings. The Morgan fingerprint density at radius 2 is 2.12 bits per heavy atom. The second-order valence-corrected chi connectivity index (χ2v) is 6.24. The number of nitrogens with zero attached hydrogens (tertiary/aromatic N) is 3. The predicted molar refractivity (Wildman–Crippen MR) is 87.2 cm³/mol. The average molecular weight is 336 g/mol. The van der Waals surface area contributed by atoms with Crippen LogP contribution in [0.4, 0.5) is 10.5 Å². The number of non-ortho nitro benzene ring substituents is 1. The Labute approximate surface area is 138 Å². The third-order valence-corrected chi connectivity index (χ3v) is 3.08. The Balaban J connectivity index is 2.40. The van der Waals surface area contributed by atoms with Crippen LogP contribution >= 0.6 is 0 Å². The van der Waals surface area contributed by atoms with Gasteiger partial charge in [-0.15, -0.1) is 5.10 Å². The molecule has 0 aliphatic heterocycles. The summed E-state index contributed by atoms with van der Waals surface area (Å²) in [4.78, 5) is 22.4. The molecule has 9 nitrogen and oxygen atoms in total. The van der Waals surface area contributed by atoms with E-state index in [-0.39, 0.29) is 11.6 Å². The Bertz CT molecular complexity index is 763. The van der Waals surface area contributed by atoms with Crippen molar-refractivity contribution in [2.75, 3.05) is 13.7 Å². The molecule has 0 saturated heterocycles. The predicted octanol–water partition coefficient (Wildman–Crippen LogP) is 2.48. The average Bonchev–Trinajstić information content (AvgIpc) is 2.80. The van der Waals surface area contributed by atoms with Crippen molar-refractivity contribution in [3.8, 4) is 5.88 Å². The second kappa shape index (κ2) is 6.83. The van der Waals surface area contributed by atoms with Gasteiger partial charge in [0.2, 0.25) is 0 Å². The SMILES string of the molecule is COCCn1nc(OC(=O)NC(C)(C)C)c2cc([N+](=O)[O-])ccc21. The fourth-order valence-corrected chi connectivity index (χ4v) is 2.09. The maximum atomic E-state index is 12.0. The number of fused-ring (bicyclic) bond motifs is 1. The van der Waals surface area contributed by atoms with Crippen molar-refractivity contribution in [1.82, 2.24) is 15.1 Å². The van der Waals surface area contributed by atoms with Crippen molar-refractivity contribution in [2.24, 2.45) is 0 Å². The minimum absolute atomic E-state index is 0.0200. The molecule has 0 spiro atoms. The third kappa shape index (κ3) is 4.19. The summed E-state index contributed by atoms with van der Waals surface area (Å²) in [7, 11) is 1.56. The number of amides is 1. The van der Waals surface area contributed by atoms with Crippen LogP contribution in [-0.4, -0.2) is 40.1 Å². The summed E-state index contributed by atoms with van der Waals surface area (Å²) in [6.45, 7) is 6.27. The van der Waals surface area contributed by atoms with Crippen LogP contribution in [0.2, 0.25) is 0 Å². The van der Waals surface area contributed by atoms with E-state index in [1.54, 1.807) is 17.9 Å². The second-order valence-electron chi connectivity index (χ2n) is 6.24. The summed E-state index contributed by atoms with van der Waals surface area (Å²) < 4.78 is 11.9. The Hall–Kier alpha value is -2.68. The molecule has 0 saturated carbocycles. The van der Waals surface area contributed by atoms with E-state index in [2.05, 4.69) is 10.4 Å². The van der Waals surface area contributed by atoms with Crippen molar-refractivity contribution in [3.63, 3.8) is 0 Å². The van der Waals surface area contributed by atoms with Crippen LogP contribution in [0.15, 0.2) is 18.2 Å².